The van der Waals surface area contributed by atoms with Crippen molar-refractivity contribution in [1.29, 1.82) is 0 Å². The molecule has 1 saturated carbocycles. The summed E-state index contributed by atoms with van der Waals surface area (Å²) in [6.45, 7) is 1.58. The SMILES string of the molecule is CC(=O)c1csc(C2(c3ccccc3)CCC2)n1. The summed E-state index contributed by atoms with van der Waals surface area (Å²) in [5.74, 6) is 0.0556. The minimum absolute atomic E-state index is 0.0556. The van der Waals surface area contributed by atoms with Gasteiger partial charge in [0.2, 0.25) is 0 Å². The molecule has 3 rings (SSSR count). The molecule has 0 spiro atoms. The molecule has 1 heterocycles. The average molecular weight is 257 g/mol. The quantitative estimate of drug-likeness (QED) is 0.782. The Hall–Kier alpha value is -1.48. The van der Waals surface area contributed by atoms with Gasteiger partial charge in [-0.25, -0.2) is 4.98 Å². The summed E-state index contributed by atoms with van der Waals surface area (Å²) in [6.07, 6.45) is 3.52. The lowest BCUT2D eigenvalue weighted by atomic mass is 9.65. The molecule has 2 aromatic rings. The van der Waals surface area contributed by atoms with Gasteiger partial charge >= 0.3 is 0 Å². The van der Waals surface area contributed by atoms with Crippen LogP contribution in [0.15, 0.2) is 35.7 Å². The van der Waals surface area contributed by atoms with Gasteiger partial charge < -0.3 is 0 Å². The van der Waals surface area contributed by atoms with E-state index in [-0.39, 0.29) is 11.2 Å². The highest BCUT2D eigenvalue weighted by Crippen LogP contribution is 2.49. The summed E-state index contributed by atoms with van der Waals surface area (Å²) in [6, 6.07) is 10.5. The lowest BCUT2D eigenvalue weighted by Crippen LogP contribution is -2.35. The van der Waals surface area contributed by atoms with Gasteiger partial charge in [-0.2, -0.15) is 0 Å². The minimum atomic E-state index is 0.0556. The molecule has 0 N–H and O–H groups in total. The largest absolute Gasteiger partial charge is 0.293 e. The highest BCUT2D eigenvalue weighted by molar-refractivity contribution is 7.10. The molecule has 0 radical (unpaired) electrons. The van der Waals surface area contributed by atoms with Gasteiger partial charge in [-0.15, -0.1) is 11.3 Å². The molecule has 3 heteroatoms. The van der Waals surface area contributed by atoms with Crippen molar-refractivity contribution in [3.8, 4) is 0 Å². The van der Waals surface area contributed by atoms with Crippen LogP contribution in [0.2, 0.25) is 0 Å². The summed E-state index contributed by atoms with van der Waals surface area (Å²) < 4.78 is 0. The first-order chi connectivity index (χ1) is 8.72. The van der Waals surface area contributed by atoms with Gasteiger partial charge in [0.05, 0.1) is 0 Å². The van der Waals surface area contributed by atoms with E-state index in [9.17, 15) is 4.79 Å². The second kappa shape index (κ2) is 4.32. The summed E-state index contributed by atoms with van der Waals surface area (Å²) in [4.78, 5) is 15.9. The highest BCUT2D eigenvalue weighted by Gasteiger charge is 2.42. The third-order valence-corrected chi connectivity index (χ3v) is 4.85. The number of Topliss-reactive ketones (excluding diaryl/α,β-unsaturated/α-hetero) is 1. The van der Waals surface area contributed by atoms with Crippen LogP contribution >= 0.6 is 11.3 Å². The summed E-state index contributed by atoms with van der Waals surface area (Å²) in [5.41, 5.74) is 2.01. The summed E-state index contributed by atoms with van der Waals surface area (Å²) in [7, 11) is 0. The molecule has 1 aliphatic rings. The number of carbonyl (C=O) groups excluding carboxylic acids is 1. The normalized spacial score (nSPS) is 17.2. The molecule has 0 unspecified atom stereocenters. The molecule has 0 bridgehead atoms. The zero-order chi connectivity index (χ0) is 12.6. The fraction of sp³-hybridized carbons (Fsp3) is 0.333. The predicted molar refractivity (Wildman–Crippen MR) is 73.2 cm³/mol. The van der Waals surface area contributed by atoms with Gasteiger partial charge in [0.15, 0.2) is 5.78 Å². The van der Waals surface area contributed by atoms with Gasteiger partial charge in [-0.3, -0.25) is 4.79 Å². The Balaban J connectivity index is 2.04. The van der Waals surface area contributed by atoms with Gasteiger partial charge in [-0.05, 0) is 18.4 Å². The van der Waals surface area contributed by atoms with Crippen molar-refractivity contribution in [2.45, 2.75) is 31.6 Å². The number of hydrogen-bond acceptors (Lipinski definition) is 3. The van der Waals surface area contributed by atoms with Crippen LogP contribution in [0, 0.1) is 0 Å². The number of benzene rings is 1. The first-order valence-corrected chi connectivity index (χ1v) is 7.13. The van der Waals surface area contributed by atoms with E-state index in [1.807, 2.05) is 11.4 Å². The maximum absolute atomic E-state index is 11.4. The van der Waals surface area contributed by atoms with Gasteiger partial charge in [-0.1, -0.05) is 36.8 Å². The van der Waals surface area contributed by atoms with Crippen molar-refractivity contribution in [3.05, 3.63) is 52.0 Å². The monoisotopic (exact) mass is 257 g/mol. The molecular formula is C15H15NOS. The van der Waals surface area contributed by atoms with Crippen molar-refractivity contribution in [2.75, 3.05) is 0 Å². The number of carbonyl (C=O) groups is 1. The summed E-state index contributed by atoms with van der Waals surface area (Å²) >= 11 is 1.62. The van der Waals surface area contributed by atoms with Gasteiger partial charge in [0, 0.05) is 17.7 Å². The number of thiazole rings is 1. The van der Waals surface area contributed by atoms with E-state index in [0.717, 1.165) is 17.8 Å². The molecule has 1 aliphatic carbocycles. The maximum atomic E-state index is 11.4. The Labute approximate surface area is 111 Å². The van der Waals surface area contributed by atoms with Crippen molar-refractivity contribution < 1.29 is 4.79 Å². The zero-order valence-corrected chi connectivity index (χ0v) is 11.2. The lowest BCUT2D eigenvalue weighted by molar-refractivity contribution is 0.101. The second-order valence-corrected chi connectivity index (χ2v) is 5.75. The molecule has 92 valence electrons. The number of aromatic nitrogens is 1. The Bertz CT molecular complexity index is 569. The van der Waals surface area contributed by atoms with E-state index in [0.29, 0.717) is 5.69 Å². The van der Waals surface area contributed by atoms with Crippen LogP contribution in [0.3, 0.4) is 0 Å². The van der Waals surface area contributed by atoms with Crippen LogP contribution < -0.4 is 0 Å². The van der Waals surface area contributed by atoms with Crippen molar-refractivity contribution in [1.82, 2.24) is 4.98 Å². The molecule has 18 heavy (non-hydrogen) atoms. The smallest absolute Gasteiger partial charge is 0.178 e. The van der Waals surface area contributed by atoms with E-state index in [1.165, 1.54) is 12.0 Å². The Morgan fingerprint density at radius 3 is 2.50 bits per heavy atom. The van der Waals surface area contributed by atoms with E-state index in [2.05, 4.69) is 29.2 Å². The van der Waals surface area contributed by atoms with Crippen LogP contribution in [0.5, 0.6) is 0 Å². The van der Waals surface area contributed by atoms with E-state index < -0.39 is 0 Å². The standard InChI is InChI=1S/C15H15NOS/c1-11(17)13-10-18-14(16-13)15(8-5-9-15)12-6-3-2-4-7-12/h2-4,6-7,10H,5,8-9H2,1H3. The summed E-state index contributed by atoms with van der Waals surface area (Å²) in [5, 5.41) is 2.99. The lowest BCUT2D eigenvalue weighted by Gasteiger charge is -2.40. The van der Waals surface area contributed by atoms with Crippen LogP contribution in [-0.2, 0) is 5.41 Å². The first kappa shape index (κ1) is 11.6. The predicted octanol–water partition coefficient (Wildman–Crippen LogP) is 3.82. The fourth-order valence-electron chi connectivity index (χ4n) is 2.57. The van der Waals surface area contributed by atoms with E-state index >= 15 is 0 Å². The second-order valence-electron chi connectivity index (χ2n) is 4.90. The molecule has 0 atom stereocenters. The Kier molecular flexibility index (Phi) is 2.78. The molecule has 1 aromatic heterocycles. The van der Waals surface area contributed by atoms with Crippen LogP contribution in [0.1, 0.15) is 47.2 Å². The van der Waals surface area contributed by atoms with Crippen molar-refractivity contribution >= 4 is 17.1 Å². The third kappa shape index (κ3) is 1.70. The zero-order valence-electron chi connectivity index (χ0n) is 10.3. The number of rotatable bonds is 3. The number of nitrogens with zero attached hydrogens (tertiary/aromatic N) is 1. The molecule has 2 nitrogen and oxygen atoms in total. The molecule has 0 amide bonds. The molecule has 1 fully saturated rings. The van der Waals surface area contributed by atoms with Crippen molar-refractivity contribution in [3.63, 3.8) is 0 Å². The third-order valence-electron chi connectivity index (χ3n) is 3.81. The van der Waals surface area contributed by atoms with Gasteiger partial charge in [0.1, 0.15) is 10.7 Å². The number of ketones is 1. The average Bonchev–Trinajstić information content (AvgIpc) is 2.79. The van der Waals surface area contributed by atoms with Crippen LogP contribution in [-0.4, -0.2) is 10.8 Å². The molecule has 0 aliphatic heterocycles. The van der Waals surface area contributed by atoms with Gasteiger partial charge in [0.25, 0.3) is 0 Å². The minimum Gasteiger partial charge on any atom is -0.293 e. The molecule has 0 saturated heterocycles. The van der Waals surface area contributed by atoms with Crippen LogP contribution in [0.4, 0.5) is 0 Å². The Morgan fingerprint density at radius 1 is 1.28 bits per heavy atom. The molecular weight excluding hydrogens is 242 g/mol. The fourth-order valence-corrected chi connectivity index (χ4v) is 3.71. The highest BCUT2D eigenvalue weighted by atomic mass is 32.1. The first-order valence-electron chi connectivity index (χ1n) is 6.25. The maximum Gasteiger partial charge on any atom is 0.178 e. The number of hydrogen-bond donors (Lipinski definition) is 0. The van der Waals surface area contributed by atoms with E-state index in [4.69, 9.17) is 0 Å². The Morgan fingerprint density at radius 2 is 2.00 bits per heavy atom. The van der Waals surface area contributed by atoms with Crippen molar-refractivity contribution in [2.24, 2.45) is 0 Å². The topological polar surface area (TPSA) is 30.0 Å². The molecule has 1 aromatic carbocycles. The van der Waals surface area contributed by atoms with Crippen LogP contribution in [0.25, 0.3) is 0 Å². The van der Waals surface area contributed by atoms with E-state index in [1.54, 1.807) is 18.3 Å².